The molecule has 0 atom stereocenters. The zero-order valence-electron chi connectivity index (χ0n) is 23.8. The first-order chi connectivity index (χ1) is 21.8. The van der Waals surface area contributed by atoms with Crippen LogP contribution in [0.4, 0.5) is 0 Å². The number of para-hydroxylation sites is 3. The van der Waals surface area contributed by atoms with Crippen LogP contribution in [0.2, 0.25) is 0 Å². The highest BCUT2D eigenvalue weighted by Crippen LogP contribution is 2.37. The van der Waals surface area contributed by atoms with Gasteiger partial charge >= 0.3 is 0 Å². The predicted octanol–water partition coefficient (Wildman–Crippen LogP) is 10.0. The number of aromatic nitrogens is 4. The van der Waals surface area contributed by atoms with Crippen LogP contribution in [0, 0.1) is 0 Å². The predicted molar refractivity (Wildman–Crippen MR) is 182 cm³/mol. The Morgan fingerprint density at radius 3 is 1.39 bits per heavy atom. The number of hydrogen-bond donors (Lipinski definition) is 0. The highest BCUT2D eigenvalue weighted by molar-refractivity contribution is 6.11. The van der Waals surface area contributed by atoms with Crippen molar-refractivity contribution in [1.29, 1.82) is 0 Å². The number of benzene rings is 6. The topological polar surface area (TPSA) is 35.6 Å². The van der Waals surface area contributed by atoms with Gasteiger partial charge < -0.3 is 4.57 Å². The molecule has 3 aromatic heterocycles. The van der Waals surface area contributed by atoms with Crippen molar-refractivity contribution < 1.29 is 0 Å². The Balaban J connectivity index is 1.13. The Labute approximate surface area is 254 Å². The normalized spacial score (nSPS) is 11.6. The molecule has 0 aliphatic carbocycles. The highest BCUT2D eigenvalue weighted by atomic mass is 15.1. The maximum atomic E-state index is 4.54. The molecule has 4 heteroatoms. The lowest BCUT2D eigenvalue weighted by atomic mass is 9.98. The van der Waals surface area contributed by atoms with Crippen molar-refractivity contribution in [2.45, 2.75) is 0 Å². The van der Waals surface area contributed by atoms with E-state index < -0.39 is 0 Å². The van der Waals surface area contributed by atoms with Crippen LogP contribution in [0.5, 0.6) is 0 Å². The minimum absolute atomic E-state index is 0.680. The molecule has 0 aliphatic rings. The van der Waals surface area contributed by atoms with Crippen LogP contribution in [0.3, 0.4) is 0 Å². The number of hydrogen-bond acceptors (Lipinski definition) is 2. The van der Waals surface area contributed by atoms with Crippen LogP contribution in [-0.4, -0.2) is 19.1 Å². The van der Waals surface area contributed by atoms with Crippen molar-refractivity contribution in [1.82, 2.24) is 19.1 Å². The second-order valence-electron chi connectivity index (χ2n) is 11.1. The van der Waals surface area contributed by atoms with Gasteiger partial charge in [0.2, 0.25) is 5.95 Å². The van der Waals surface area contributed by atoms with Crippen LogP contribution in [-0.2, 0) is 0 Å². The molecule has 0 spiro atoms. The van der Waals surface area contributed by atoms with Crippen molar-refractivity contribution in [2.24, 2.45) is 0 Å². The lowest BCUT2D eigenvalue weighted by Crippen LogP contribution is -1.99. The second kappa shape index (κ2) is 9.79. The van der Waals surface area contributed by atoms with Crippen molar-refractivity contribution in [3.63, 3.8) is 0 Å². The van der Waals surface area contributed by atoms with E-state index in [9.17, 15) is 0 Å². The summed E-state index contributed by atoms with van der Waals surface area (Å²) in [6, 6.07) is 52.0. The molecule has 44 heavy (non-hydrogen) atoms. The summed E-state index contributed by atoms with van der Waals surface area (Å²) in [5.41, 5.74) is 10.6. The fourth-order valence-electron chi connectivity index (χ4n) is 6.64. The van der Waals surface area contributed by atoms with Gasteiger partial charge in [0.1, 0.15) is 0 Å². The first kappa shape index (κ1) is 24.6. The summed E-state index contributed by atoms with van der Waals surface area (Å²) in [6.07, 6.45) is 3.58. The molecular weight excluding hydrogens is 536 g/mol. The van der Waals surface area contributed by atoms with E-state index in [1.54, 1.807) is 12.4 Å². The van der Waals surface area contributed by atoms with Crippen LogP contribution >= 0.6 is 0 Å². The van der Waals surface area contributed by atoms with E-state index >= 15 is 0 Å². The first-order valence-corrected chi connectivity index (χ1v) is 14.8. The molecule has 6 aromatic carbocycles. The smallest absolute Gasteiger partial charge is 0.234 e. The largest absolute Gasteiger partial charge is 0.309 e. The van der Waals surface area contributed by atoms with Crippen molar-refractivity contribution in [3.05, 3.63) is 158 Å². The lowest BCUT2D eigenvalue weighted by molar-refractivity contribution is 0.988. The minimum Gasteiger partial charge on any atom is -0.309 e. The van der Waals surface area contributed by atoms with Crippen molar-refractivity contribution in [3.8, 4) is 33.9 Å². The SMILES string of the molecule is c1ccc(-n2c3ccccc3c3cc(-c4ccc(-c5ccc6c(c5)c5ccccc5n6-c5ncccn5)cc4)ccc32)cc1. The quantitative estimate of drug-likeness (QED) is 0.214. The van der Waals surface area contributed by atoms with Crippen LogP contribution in [0.15, 0.2) is 158 Å². The van der Waals surface area contributed by atoms with E-state index in [1.165, 1.54) is 60.5 Å². The molecule has 0 unspecified atom stereocenters. The van der Waals surface area contributed by atoms with Gasteiger partial charge in [-0.1, -0.05) is 91.0 Å². The van der Waals surface area contributed by atoms with E-state index in [4.69, 9.17) is 0 Å². The molecule has 206 valence electrons. The van der Waals surface area contributed by atoms with E-state index in [0.717, 1.165) is 11.0 Å². The molecule has 0 amide bonds. The van der Waals surface area contributed by atoms with E-state index in [2.05, 4.69) is 159 Å². The third kappa shape index (κ3) is 3.78. The monoisotopic (exact) mass is 562 g/mol. The van der Waals surface area contributed by atoms with E-state index in [1.807, 2.05) is 6.07 Å². The average Bonchev–Trinajstić information content (AvgIpc) is 3.61. The van der Waals surface area contributed by atoms with Gasteiger partial charge in [0.05, 0.1) is 22.1 Å². The molecule has 0 fully saturated rings. The zero-order chi connectivity index (χ0) is 29.0. The number of fused-ring (bicyclic) bond motifs is 6. The second-order valence-corrected chi connectivity index (χ2v) is 11.1. The summed E-state index contributed by atoms with van der Waals surface area (Å²) >= 11 is 0. The summed E-state index contributed by atoms with van der Waals surface area (Å²) in [5, 5.41) is 4.90. The number of rotatable bonds is 4. The molecule has 4 nitrogen and oxygen atoms in total. The zero-order valence-corrected chi connectivity index (χ0v) is 23.8. The van der Waals surface area contributed by atoms with Gasteiger partial charge in [0.15, 0.2) is 0 Å². The summed E-state index contributed by atoms with van der Waals surface area (Å²) in [7, 11) is 0. The van der Waals surface area contributed by atoms with E-state index in [-0.39, 0.29) is 0 Å². The Morgan fingerprint density at radius 1 is 0.341 bits per heavy atom. The third-order valence-electron chi connectivity index (χ3n) is 8.66. The van der Waals surface area contributed by atoms with Gasteiger partial charge in [-0.3, -0.25) is 4.57 Å². The molecule has 0 N–H and O–H groups in total. The Hall–Kier alpha value is -6.00. The molecule has 0 saturated heterocycles. The molecular formula is C40H26N4. The lowest BCUT2D eigenvalue weighted by Gasteiger charge is -2.09. The molecule has 0 bridgehead atoms. The van der Waals surface area contributed by atoms with Gasteiger partial charge in [0, 0.05) is 39.6 Å². The van der Waals surface area contributed by atoms with Gasteiger partial charge in [-0.15, -0.1) is 0 Å². The van der Waals surface area contributed by atoms with Gasteiger partial charge in [-0.05, 0) is 76.9 Å². The first-order valence-electron chi connectivity index (χ1n) is 14.8. The Morgan fingerprint density at radius 2 is 0.795 bits per heavy atom. The minimum atomic E-state index is 0.680. The van der Waals surface area contributed by atoms with Crippen molar-refractivity contribution >= 4 is 43.6 Å². The Kier molecular flexibility index (Phi) is 5.47. The molecule has 3 heterocycles. The molecule has 9 rings (SSSR count). The fraction of sp³-hybridized carbons (Fsp3) is 0. The molecule has 0 saturated carbocycles. The fourth-order valence-corrected chi connectivity index (χ4v) is 6.64. The summed E-state index contributed by atoms with van der Waals surface area (Å²) in [5.74, 6) is 0.680. The van der Waals surface area contributed by atoms with Crippen LogP contribution in [0.1, 0.15) is 0 Å². The molecule has 0 aliphatic heterocycles. The van der Waals surface area contributed by atoms with Gasteiger partial charge in [-0.25, -0.2) is 9.97 Å². The van der Waals surface area contributed by atoms with E-state index in [0.29, 0.717) is 5.95 Å². The van der Waals surface area contributed by atoms with Gasteiger partial charge in [0.25, 0.3) is 0 Å². The Bertz CT molecular complexity index is 2290. The third-order valence-corrected chi connectivity index (χ3v) is 8.66. The maximum Gasteiger partial charge on any atom is 0.234 e. The summed E-state index contributed by atoms with van der Waals surface area (Å²) in [4.78, 5) is 9.09. The maximum absolute atomic E-state index is 4.54. The van der Waals surface area contributed by atoms with Crippen molar-refractivity contribution in [2.75, 3.05) is 0 Å². The molecule has 0 radical (unpaired) electrons. The summed E-state index contributed by atoms with van der Waals surface area (Å²) in [6.45, 7) is 0. The van der Waals surface area contributed by atoms with Crippen LogP contribution < -0.4 is 0 Å². The summed E-state index contributed by atoms with van der Waals surface area (Å²) < 4.78 is 4.50. The molecule has 9 aromatic rings. The van der Waals surface area contributed by atoms with Gasteiger partial charge in [-0.2, -0.15) is 0 Å². The number of nitrogens with zero attached hydrogens (tertiary/aromatic N) is 4. The van der Waals surface area contributed by atoms with Crippen LogP contribution in [0.25, 0.3) is 77.5 Å². The standard InChI is InChI=1S/C40H26N4/c1-2-9-31(10-3-1)43-36-13-6-4-11-32(36)34-25-29(19-21-38(34)43)27-15-17-28(18-16-27)30-20-22-39-35(26-30)33-12-5-7-14-37(33)44(39)40-41-23-8-24-42-40/h1-26H. The highest BCUT2D eigenvalue weighted by Gasteiger charge is 2.15. The average molecular weight is 563 g/mol.